The molecular formula is C35H29NO. The second-order valence-electron chi connectivity index (χ2n) is 10.3. The molecule has 0 atom stereocenters. The molecule has 0 aliphatic heterocycles. The number of nitrogens with zero attached hydrogens (tertiary/aromatic N) is 1. The molecule has 2 heteroatoms. The summed E-state index contributed by atoms with van der Waals surface area (Å²) in [4.78, 5) is 5.03. The lowest BCUT2D eigenvalue weighted by Gasteiger charge is -2.21. The van der Waals surface area contributed by atoms with E-state index in [1.807, 2.05) is 12.1 Å². The van der Waals surface area contributed by atoms with Crippen LogP contribution in [-0.2, 0) is 0 Å². The molecule has 2 aromatic heterocycles. The van der Waals surface area contributed by atoms with Crippen LogP contribution in [0.1, 0.15) is 43.6 Å². The van der Waals surface area contributed by atoms with Crippen LogP contribution in [0.3, 0.4) is 0 Å². The van der Waals surface area contributed by atoms with Crippen molar-refractivity contribution in [3.63, 3.8) is 0 Å². The monoisotopic (exact) mass is 479 g/mol. The first kappa shape index (κ1) is 22.1. The quantitative estimate of drug-likeness (QED) is 0.251. The fourth-order valence-electron chi connectivity index (χ4n) is 5.87. The Morgan fingerprint density at radius 3 is 1.76 bits per heavy atom. The summed E-state index contributed by atoms with van der Waals surface area (Å²) < 4.78 is 6.46. The standard InChI is InChI=1S/C35H29NO/c1-4-10-24(11-5-1)27-16-18-30-31-19-17-28(23-35(31)37-34(30)22-27)29-20-32(25-12-6-2-7-13-25)36-33(21-29)26-14-8-3-9-15-26/h2-3,6-9,12-24H,1,4-5,10-11H2. The first-order chi connectivity index (χ1) is 18.3. The van der Waals surface area contributed by atoms with Gasteiger partial charge in [0.1, 0.15) is 11.2 Å². The summed E-state index contributed by atoms with van der Waals surface area (Å²) in [5.41, 5.74) is 9.81. The Morgan fingerprint density at radius 2 is 1.11 bits per heavy atom. The molecule has 1 aliphatic rings. The number of pyridine rings is 1. The van der Waals surface area contributed by atoms with Crippen LogP contribution >= 0.6 is 0 Å². The van der Waals surface area contributed by atoms with Crippen LogP contribution < -0.4 is 0 Å². The number of hydrogen-bond donors (Lipinski definition) is 0. The van der Waals surface area contributed by atoms with Crippen LogP contribution in [0.15, 0.2) is 114 Å². The zero-order valence-corrected chi connectivity index (χ0v) is 20.9. The Labute approximate surface area is 217 Å². The molecule has 0 unspecified atom stereocenters. The summed E-state index contributed by atoms with van der Waals surface area (Å²) in [6.45, 7) is 0. The van der Waals surface area contributed by atoms with Crippen molar-refractivity contribution >= 4 is 21.9 Å². The molecule has 4 aromatic carbocycles. The Kier molecular flexibility index (Phi) is 5.59. The van der Waals surface area contributed by atoms with Crippen molar-refractivity contribution in [3.8, 4) is 33.6 Å². The maximum absolute atomic E-state index is 6.46. The van der Waals surface area contributed by atoms with Crippen molar-refractivity contribution in [1.29, 1.82) is 0 Å². The first-order valence-corrected chi connectivity index (χ1v) is 13.4. The SMILES string of the molecule is c1ccc(-c2cc(-c3ccc4c(c3)oc3cc(C5CCCCC5)ccc34)cc(-c3ccccc3)n2)cc1. The summed E-state index contributed by atoms with van der Waals surface area (Å²) >= 11 is 0. The second kappa shape index (κ2) is 9.37. The molecule has 7 rings (SSSR count). The molecule has 180 valence electrons. The van der Waals surface area contributed by atoms with Crippen molar-refractivity contribution in [2.75, 3.05) is 0 Å². The molecule has 0 spiro atoms. The number of hydrogen-bond acceptors (Lipinski definition) is 2. The van der Waals surface area contributed by atoms with Gasteiger partial charge in [-0.2, -0.15) is 0 Å². The Morgan fingerprint density at radius 1 is 0.514 bits per heavy atom. The van der Waals surface area contributed by atoms with E-state index in [1.165, 1.54) is 48.4 Å². The van der Waals surface area contributed by atoms with Crippen molar-refractivity contribution in [3.05, 3.63) is 115 Å². The molecular weight excluding hydrogens is 450 g/mol. The summed E-state index contributed by atoms with van der Waals surface area (Å²) in [6.07, 6.45) is 6.65. The van der Waals surface area contributed by atoms with Crippen LogP contribution in [-0.4, -0.2) is 4.98 Å². The van der Waals surface area contributed by atoms with Gasteiger partial charge < -0.3 is 4.42 Å². The van der Waals surface area contributed by atoms with Gasteiger partial charge in [-0.25, -0.2) is 4.98 Å². The van der Waals surface area contributed by atoms with E-state index in [9.17, 15) is 0 Å². The van der Waals surface area contributed by atoms with E-state index in [4.69, 9.17) is 9.40 Å². The zero-order valence-electron chi connectivity index (χ0n) is 20.9. The van der Waals surface area contributed by atoms with Gasteiger partial charge in [0, 0.05) is 21.9 Å². The van der Waals surface area contributed by atoms with E-state index in [0.29, 0.717) is 5.92 Å². The smallest absolute Gasteiger partial charge is 0.136 e. The minimum Gasteiger partial charge on any atom is -0.456 e. The number of benzene rings is 4. The van der Waals surface area contributed by atoms with E-state index in [-0.39, 0.29) is 0 Å². The van der Waals surface area contributed by atoms with E-state index >= 15 is 0 Å². The predicted molar refractivity (Wildman–Crippen MR) is 154 cm³/mol. The lowest BCUT2D eigenvalue weighted by atomic mass is 9.84. The van der Waals surface area contributed by atoms with Crippen LogP contribution in [0.5, 0.6) is 0 Å². The molecule has 0 saturated heterocycles. The highest BCUT2D eigenvalue weighted by atomic mass is 16.3. The largest absolute Gasteiger partial charge is 0.456 e. The number of aromatic nitrogens is 1. The van der Waals surface area contributed by atoms with Crippen LogP contribution in [0.25, 0.3) is 55.6 Å². The van der Waals surface area contributed by atoms with Crippen molar-refractivity contribution < 1.29 is 4.42 Å². The molecule has 1 aliphatic carbocycles. The average Bonchev–Trinajstić information content (AvgIpc) is 3.35. The van der Waals surface area contributed by atoms with Crippen LogP contribution in [0, 0.1) is 0 Å². The molecule has 2 heterocycles. The van der Waals surface area contributed by atoms with Gasteiger partial charge in [0.2, 0.25) is 0 Å². The second-order valence-corrected chi connectivity index (χ2v) is 10.3. The number of fused-ring (bicyclic) bond motifs is 3. The van der Waals surface area contributed by atoms with Crippen LogP contribution in [0.2, 0.25) is 0 Å². The van der Waals surface area contributed by atoms with Gasteiger partial charge >= 0.3 is 0 Å². The molecule has 1 fully saturated rings. The Bertz CT molecular complexity index is 1630. The maximum Gasteiger partial charge on any atom is 0.136 e. The van der Waals surface area contributed by atoms with Gasteiger partial charge in [-0.15, -0.1) is 0 Å². The third-order valence-corrected chi connectivity index (χ3v) is 7.87. The summed E-state index contributed by atoms with van der Waals surface area (Å²) in [7, 11) is 0. The van der Waals surface area contributed by atoms with Crippen LogP contribution in [0.4, 0.5) is 0 Å². The first-order valence-electron chi connectivity index (χ1n) is 13.4. The van der Waals surface area contributed by atoms with E-state index in [2.05, 4.69) is 97.1 Å². The van der Waals surface area contributed by atoms with Gasteiger partial charge in [-0.3, -0.25) is 0 Å². The van der Waals surface area contributed by atoms with Gasteiger partial charge in [-0.1, -0.05) is 98.1 Å². The summed E-state index contributed by atoms with van der Waals surface area (Å²) in [6, 6.07) is 38.7. The third kappa shape index (κ3) is 4.23. The fourth-order valence-corrected chi connectivity index (χ4v) is 5.87. The highest BCUT2D eigenvalue weighted by Gasteiger charge is 2.18. The maximum atomic E-state index is 6.46. The molecule has 0 amide bonds. The topological polar surface area (TPSA) is 26.0 Å². The zero-order chi connectivity index (χ0) is 24.6. The number of furan rings is 1. The molecule has 0 radical (unpaired) electrons. The van der Waals surface area contributed by atoms with E-state index in [1.54, 1.807) is 0 Å². The van der Waals surface area contributed by atoms with Crippen molar-refractivity contribution in [2.45, 2.75) is 38.0 Å². The molecule has 2 nitrogen and oxygen atoms in total. The Balaban J connectivity index is 1.34. The number of rotatable bonds is 4. The van der Waals surface area contributed by atoms with E-state index in [0.717, 1.165) is 44.8 Å². The van der Waals surface area contributed by atoms with Gasteiger partial charge in [0.05, 0.1) is 11.4 Å². The highest BCUT2D eigenvalue weighted by Crippen LogP contribution is 2.38. The highest BCUT2D eigenvalue weighted by molar-refractivity contribution is 6.06. The third-order valence-electron chi connectivity index (χ3n) is 7.87. The fraction of sp³-hybridized carbons (Fsp3) is 0.171. The van der Waals surface area contributed by atoms with Gasteiger partial charge in [-0.05, 0) is 65.8 Å². The van der Waals surface area contributed by atoms with Crippen molar-refractivity contribution in [2.24, 2.45) is 0 Å². The summed E-state index contributed by atoms with van der Waals surface area (Å²) in [5.74, 6) is 0.673. The molecule has 0 bridgehead atoms. The van der Waals surface area contributed by atoms with Gasteiger partial charge in [0.15, 0.2) is 0 Å². The Hall–Kier alpha value is -4.17. The van der Waals surface area contributed by atoms with Gasteiger partial charge in [0.25, 0.3) is 0 Å². The van der Waals surface area contributed by atoms with E-state index < -0.39 is 0 Å². The molecule has 6 aromatic rings. The van der Waals surface area contributed by atoms with Crippen molar-refractivity contribution in [1.82, 2.24) is 4.98 Å². The molecule has 37 heavy (non-hydrogen) atoms. The normalized spacial score (nSPS) is 14.4. The minimum atomic E-state index is 0.673. The minimum absolute atomic E-state index is 0.673. The predicted octanol–water partition coefficient (Wildman–Crippen LogP) is 10.0. The average molecular weight is 480 g/mol. The lowest BCUT2D eigenvalue weighted by Crippen LogP contribution is -2.03. The lowest BCUT2D eigenvalue weighted by molar-refractivity contribution is 0.443. The molecule has 1 saturated carbocycles. The summed E-state index contributed by atoms with van der Waals surface area (Å²) in [5, 5.41) is 2.38. The molecule has 0 N–H and O–H groups in total.